The predicted octanol–water partition coefficient (Wildman–Crippen LogP) is -0.297. The number of amides is 1. The molecule has 4 N–H and O–H groups in total. The molecule has 20 heavy (non-hydrogen) atoms. The van der Waals surface area contributed by atoms with Crippen LogP contribution in [0.1, 0.15) is 6.42 Å². The molecule has 0 aliphatic carbocycles. The molecule has 0 heterocycles. The summed E-state index contributed by atoms with van der Waals surface area (Å²) in [6, 6.07) is 6.68. The molecule has 7 nitrogen and oxygen atoms in total. The minimum Gasteiger partial charge on any atom is -0.492 e. The van der Waals surface area contributed by atoms with Gasteiger partial charge in [0.1, 0.15) is 12.4 Å². The van der Waals surface area contributed by atoms with Crippen LogP contribution in [0.4, 0.5) is 5.69 Å². The summed E-state index contributed by atoms with van der Waals surface area (Å²) in [5.74, 6) is 0.163. The lowest BCUT2D eigenvalue weighted by Crippen LogP contribution is -2.32. The van der Waals surface area contributed by atoms with Crippen molar-refractivity contribution in [2.75, 3.05) is 31.7 Å². The lowest BCUT2D eigenvalue weighted by molar-refractivity contribution is -0.120. The molecule has 0 radical (unpaired) electrons. The Bertz CT molecular complexity index is 528. The van der Waals surface area contributed by atoms with Gasteiger partial charge in [-0.15, -0.1) is 0 Å². The number of nitrogen functional groups attached to an aromatic ring is 1. The van der Waals surface area contributed by atoms with E-state index in [1.165, 1.54) is 7.05 Å². The first-order valence-electron chi connectivity index (χ1n) is 6.09. The van der Waals surface area contributed by atoms with Crippen LogP contribution in [0, 0.1) is 0 Å². The number of anilines is 1. The number of benzene rings is 1. The Morgan fingerprint density at radius 1 is 1.30 bits per heavy atom. The maximum atomic E-state index is 11.6. The van der Waals surface area contributed by atoms with E-state index in [0.717, 1.165) is 0 Å². The van der Waals surface area contributed by atoms with Gasteiger partial charge in [0, 0.05) is 25.7 Å². The average Bonchev–Trinajstić information content (AvgIpc) is 2.40. The minimum absolute atomic E-state index is 0.0270. The van der Waals surface area contributed by atoms with Crippen molar-refractivity contribution in [1.29, 1.82) is 0 Å². The van der Waals surface area contributed by atoms with Crippen LogP contribution >= 0.6 is 0 Å². The first-order valence-corrected chi connectivity index (χ1v) is 7.74. The number of carbonyl (C=O) groups is 1. The van der Waals surface area contributed by atoms with E-state index in [1.807, 2.05) is 0 Å². The van der Waals surface area contributed by atoms with E-state index in [-0.39, 0.29) is 31.2 Å². The molecular formula is C12H19N3O4S. The van der Waals surface area contributed by atoms with Crippen LogP contribution in [-0.2, 0) is 14.8 Å². The zero-order chi connectivity index (χ0) is 15.0. The number of nitrogens with one attached hydrogen (secondary N) is 2. The zero-order valence-corrected chi connectivity index (χ0v) is 12.1. The van der Waals surface area contributed by atoms with Crippen molar-refractivity contribution in [2.24, 2.45) is 0 Å². The fraction of sp³-hybridized carbons (Fsp3) is 0.417. The van der Waals surface area contributed by atoms with Crippen molar-refractivity contribution in [3.8, 4) is 5.75 Å². The number of hydrogen-bond acceptors (Lipinski definition) is 5. The highest BCUT2D eigenvalue weighted by Gasteiger charge is 2.10. The molecule has 0 saturated heterocycles. The summed E-state index contributed by atoms with van der Waals surface area (Å²) < 4.78 is 30.8. The van der Waals surface area contributed by atoms with Gasteiger partial charge in [0.15, 0.2) is 0 Å². The van der Waals surface area contributed by atoms with E-state index in [2.05, 4.69) is 10.0 Å². The highest BCUT2D eigenvalue weighted by atomic mass is 32.2. The van der Waals surface area contributed by atoms with E-state index in [9.17, 15) is 13.2 Å². The Kier molecular flexibility index (Phi) is 6.26. The lowest BCUT2D eigenvalue weighted by Gasteiger charge is -2.08. The van der Waals surface area contributed by atoms with E-state index < -0.39 is 10.0 Å². The SMILES string of the molecule is CNC(=O)CCNS(=O)(=O)CCOc1ccc(N)cc1. The first-order chi connectivity index (χ1) is 9.43. The van der Waals surface area contributed by atoms with Gasteiger partial charge >= 0.3 is 0 Å². The normalized spacial score (nSPS) is 11.1. The van der Waals surface area contributed by atoms with Crippen molar-refractivity contribution in [1.82, 2.24) is 10.0 Å². The number of ether oxygens (including phenoxy) is 1. The smallest absolute Gasteiger partial charge is 0.221 e. The van der Waals surface area contributed by atoms with Crippen molar-refractivity contribution >= 4 is 21.6 Å². The second-order valence-corrected chi connectivity index (χ2v) is 5.98. The second-order valence-electron chi connectivity index (χ2n) is 4.05. The molecule has 1 amide bonds. The third-order valence-electron chi connectivity index (χ3n) is 2.45. The quantitative estimate of drug-likeness (QED) is 0.571. The fourth-order valence-electron chi connectivity index (χ4n) is 1.35. The molecule has 8 heteroatoms. The lowest BCUT2D eigenvalue weighted by atomic mass is 10.3. The molecule has 0 bridgehead atoms. The van der Waals surface area contributed by atoms with Crippen molar-refractivity contribution < 1.29 is 17.9 Å². The van der Waals surface area contributed by atoms with Gasteiger partial charge in [-0.25, -0.2) is 13.1 Å². The minimum atomic E-state index is -3.44. The van der Waals surface area contributed by atoms with Crippen LogP contribution in [0.2, 0.25) is 0 Å². The maximum absolute atomic E-state index is 11.6. The molecule has 0 spiro atoms. The van der Waals surface area contributed by atoms with E-state index in [4.69, 9.17) is 10.5 Å². The Hall–Kier alpha value is -1.80. The van der Waals surface area contributed by atoms with Gasteiger partial charge in [0.05, 0.1) is 5.75 Å². The van der Waals surface area contributed by atoms with Crippen LogP contribution in [-0.4, -0.2) is 40.3 Å². The first kappa shape index (κ1) is 16.3. The largest absolute Gasteiger partial charge is 0.492 e. The zero-order valence-electron chi connectivity index (χ0n) is 11.3. The molecule has 0 aliphatic rings. The van der Waals surface area contributed by atoms with E-state index >= 15 is 0 Å². The van der Waals surface area contributed by atoms with Crippen LogP contribution in [0.25, 0.3) is 0 Å². The maximum Gasteiger partial charge on any atom is 0.221 e. The van der Waals surface area contributed by atoms with Crippen LogP contribution < -0.4 is 20.5 Å². The van der Waals surface area contributed by atoms with Crippen molar-refractivity contribution in [2.45, 2.75) is 6.42 Å². The molecule has 0 atom stereocenters. The third-order valence-corrected chi connectivity index (χ3v) is 3.80. The summed E-state index contributed by atoms with van der Waals surface area (Å²) in [4.78, 5) is 10.9. The Morgan fingerprint density at radius 3 is 2.55 bits per heavy atom. The van der Waals surface area contributed by atoms with Gasteiger partial charge in [-0.3, -0.25) is 4.79 Å². The van der Waals surface area contributed by atoms with Crippen LogP contribution in [0.5, 0.6) is 5.75 Å². The van der Waals surface area contributed by atoms with Gasteiger partial charge in [0.2, 0.25) is 15.9 Å². The highest BCUT2D eigenvalue weighted by molar-refractivity contribution is 7.89. The van der Waals surface area contributed by atoms with Crippen LogP contribution in [0.15, 0.2) is 24.3 Å². The molecule has 0 fully saturated rings. The standard InChI is InChI=1S/C12H19N3O4S/c1-14-12(16)6-7-15-20(17,18)9-8-19-11-4-2-10(13)3-5-11/h2-5,15H,6-9,13H2,1H3,(H,14,16). The summed E-state index contributed by atoms with van der Waals surface area (Å²) in [6.07, 6.45) is 0.106. The Morgan fingerprint density at radius 2 is 1.95 bits per heavy atom. The van der Waals surface area contributed by atoms with Crippen LogP contribution in [0.3, 0.4) is 0 Å². The third kappa shape index (κ3) is 6.39. The predicted molar refractivity (Wildman–Crippen MR) is 76.8 cm³/mol. The monoisotopic (exact) mass is 301 g/mol. The van der Waals surface area contributed by atoms with Gasteiger partial charge in [0.25, 0.3) is 0 Å². The van der Waals surface area contributed by atoms with Gasteiger partial charge in [-0.2, -0.15) is 0 Å². The summed E-state index contributed by atoms with van der Waals surface area (Å²) in [7, 11) is -1.95. The molecular weight excluding hydrogens is 282 g/mol. The number of rotatable bonds is 8. The second kappa shape index (κ2) is 7.71. The fourth-order valence-corrected chi connectivity index (χ4v) is 2.21. The number of nitrogens with two attached hydrogens (primary N) is 1. The van der Waals surface area contributed by atoms with Gasteiger partial charge in [-0.1, -0.05) is 0 Å². The van der Waals surface area contributed by atoms with Gasteiger partial charge < -0.3 is 15.8 Å². The summed E-state index contributed by atoms with van der Waals surface area (Å²) >= 11 is 0. The van der Waals surface area contributed by atoms with Crippen molar-refractivity contribution in [3.05, 3.63) is 24.3 Å². The topological polar surface area (TPSA) is 111 Å². The molecule has 0 aromatic heterocycles. The Balaban J connectivity index is 2.29. The molecule has 0 unspecified atom stereocenters. The van der Waals surface area contributed by atoms with E-state index in [0.29, 0.717) is 11.4 Å². The molecule has 0 aliphatic heterocycles. The molecule has 1 aromatic carbocycles. The average molecular weight is 301 g/mol. The summed E-state index contributed by atoms with van der Waals surface area (Å²) in [6.45, 7) is 0.100. The molecule has 112 valence electrons. The number of sulfonamides is 1. The summed E-state index contributed by atoms with van der Waals surface area (Å²) in [5.41, 5.74) is 6.13. The Labute approximate surface area is 118 Å². The molecule has 0 saturated carbocycles. The van der Waals surface area contributed by atoms with Gasteiger partial charge in [-0.05, 0) is 24.3 Å². The molecule has 1 rings (SSSR count). The highest BCUT2D eigenvalue weighted by Crippen LogP contribution is 2.12. The van der Waals surface area contributed by atoms with E-state index in [1.54, 1.807) is 24.3 Å². The number of carbonyl (C=O) groups excluding carboxylic acids is 1. The van der Waals surface area contributed by atoms with Crippen molar-refractivity contribution in [3.63, 3.8) is 0 Å². The number of hydrogen-bond donors (Lipinski definition) is 3. The molecule has 1 aromatic rings. The summed E-state index contributed by atoms with van der Waals surface area (Å²) in [5, 5.41) is 2.41.